The number of hydrazone groups is 1. The van der Waals surface area contributed by atoms with Gasteiger partial charge in [-0.1, -0.05) is 43.3 Å². The van der Waals surface area contributed by atoms with Crippen LogP contribution in [0, 0.1) is 5.92 Å². The number of nitrogens with one attached hydrogen (secondary N) is 3. The first-order chi connectivity index (χ1) is 13.1. The maximum atomic E-state index is 12.6. The Balaban J connectivity index is 1.42. The van der Waals surface area contributed by atoms with Gasteiger partial charge in [0.25, 0.3) is 0 Å². The molecule has 2 aliphatic heterocycles. The lowest BCUT2D eigenvalue weighted by atomic mass is 9.94. The molecule has 4 rings (SSSR count). The molecule has 2 aliphatic rings. The van der Waals surface area contributed by atoms with Gasteiger partial charge < -0.3 is 10.6 Å². The number of amides is 2. The van der Waals surface area contributed by atoms with E-state index < -0.39 is 0 Å². The molecule has 0 saturated carbocycles. The van der Waals surface area contributed by atoms with Crippen LogP contribution in [0.4, 0.5) is 5.69 Å². The van der Waals surface area contributed by atoms with E-state index in [2.05, 4.69) is 33.3 Å². The molecule has 6 heteroatoms. The zero-order chi connectivity index (χ0) is 18.8. The lowest BCUT2D eigenvalue weighted by Gasteiger charge is -2.25. The summed E-state index contributed by atoms with van der Waals surface area (Å²) in [6.07, 6.45) is 1.13. The van der Waals surface area contributed by atoms with Crippen LogP contribution in [-0.2, 0) is 22.6 Å². The van der Waals surface area contributed by atoms with Gasteiger partial charge in [-0.15, -0.1) is 0 Å². The van der Waals surface area contributed by atoms with Gasteiger partial charge in [0.05, 0.1) is 11.8 Å². The third kappa shape index (κ3) is 3.75. The molecule has 3 N–H and O–H groups in total. The van der Waals surface area contributed by atoms with Crippen LogP contribution in [0.25, 0.3) is 0 Å². The Morgan fingerprint density at radius 3 is 2.56 bits per heavy atom. The topological polar surface area (TPSA) is 82.6 Å². The smallest absolute Gasteiger partial charge is 0.241 e. The summed E-state index contributed by atoms with van der Waals surface area (Å²) in [6.45, 7) is 2.69. The lowest BCUT2D eigenvalue weighted by molar-refractivity contribution is -0.122. The molecule has 0 aliphatic carbocycles. The number of rotatable bonds is 3. The number of benzene rings is 2. The van der Waals surface area contributed by atoms with Crippen molar-refractivity contribution in [1.29, 1.82) is 0 Å². The minimum Gasteiger partial charge on any atom is -0.325 e. The molecule has 2 unspecified atom stereocenters. The van der Waals surface area contributed by atoms with Crippen molar-refractivity contribution in [2.24, 2.45) is 11.0 Å². The summed E-state index contributed by atoms with van der Waals surface area (Å²) in [5, 5.41) is 10.4. The van der Waals surface area contributed by atoms with E-state index in [1.165, 1.54) is 11.1 Å². The molecule has 138 valence electrons. The van der Waals surface area contributed by atoms with Crippen LogP contribution in [0.5, 0.6) is 0 Å². The summed E-state index contributed by atoms with van der Waals surface area (Å²) in [6, 6.07) is 15.5. The van der Waals surface area contributed by atoms with Crippen LogP contribution in [0.1, 0.15) is 30.0 Å². The second kappa shape index (κ2) is 7.32. The Morgan fingerprint density at radius 1 is 1.07 bits per heavy atom. The molecule has 2 atom stereocenters. The zero-order valence-corrected chi connectivity index (χ0v) is 15.2. The molecule has 27 heavy (non-hydrogen) atoms. The van der Waals surface area contributed by atoms with Gasteiger partial charge in [-0.3, -0.25) is 9.59 Å². The number of anilines is 1. The van der Waals surface area contributed by atoms with E-state index in [-0.39, 0.29) is 23.8 Å². The minimum absolute atomic E-state index is 0.0344. The van der Waals surface area contributed by atoms with Crippen LogP contribution in [0.2, 0.25) is 0 Å². The highest BCUT2D eigenvalue weighted by atomic mass is 16.2. The number of fused-ring (bicyclic) bond motifs is 1. The molecule has 0 aromatic heterocycles. The average Bonchev–Trinajstić information content (AvgIpc) is 2.68. The molecule has 6 nitrogen and oxygen atoms in total. The van der Waals surface area contributed by atoms with Crippen molar-refractivity contribution < 1.29 is 9.59 Å². The van der Waals surface area contributed by atoms with Crippen LogP contribution in [-0.4, -0.2) is 23.6 Å². The molecule has 2 aromatic rings. The van der Waals surface area contributed by atoms with Crippen molar-refractivity contribution in [3.63, 3.8) is 0 Å². The van der Waals surface area contributed by atoms with Gasteiger partial charge in [-0.2, -0.15) is 5.10 Å². The molecule has 0 bridgehead atoms. The number of carbonyl (C=O) groups excluding carboxylic acids is 2. The number of hydrogen-bond acceptors (Lipinski definition) is 4. The second-order valence-corrected chi connectivity index (χ2v) is 7.11. The number of hydrogen-bond donors (Lipinski definition) is 3. The van der Waals surface area contributed by atoms with Gasteiger partial charge in [0.15, 0.2) is 0 Å². The quantitative estimate of drug-likeness (QED) is 0.783. The molecule has 0 radical (unpaired) electrons. The minimum atomic E-state index is -0.238. The van der Waals surface area contributed by atoms with E-state index in [9.17, 15) is 9.59 Å². The van der Waals surface area contributed by atoms with Crippen molar-refractivity contribution in [2.45, 2.75) is 32.4 Å². The number of carbonyl (C=O) groups is 2. The van der Waals surface area contributed by atoms with E-state index in [0.717, 1.165) is 17.0 Å². The van der Waals surface area contributed by atoms with E-state index in [1.807, 2.05) is 43.3 Å². The average molecular weight is 362 g/mol. The van der Waals surface area contributed by atoms with Crippen molar-refractivity contribution in [3.8, 4) is 0 Å². The normalized spacial score (nSPS) is 21.7. The molecule has 0 fully saturated rings. The molecule has 2 aromatic carbocycles. The van der Waals surface area contributed by atoms with Crippen LogP contribution >= 0.6 is 0 Å². The zero-order valence-electron chi connectivity index (χ0n) is 15.2. The fourth-order valence-corrected chi connectivity index (χ4v) is 3.60. The highest BCUT2D eigenvalue weighted by molar-refractivity contribution is 6.06. The second-order valence-electron chi connectivity index (χ2n) is 7.11. The molecule has 2 heterocycles. The number of nitrogens with zero attached hydrogens (tertiary/aromatic N) is 1. The van der Waals surface area contributed by atoms with Crippen molar-refractivity contribution >= 4 is 23.2 Å². The van der Waals surface area contributed by atoms with Crippen molar-refractivity contribution in [2.75, 3.05) is 5.32 Å². The summed E-state index contributed by atoms with van der Waals surface area (Å²) >= 11 is 0. The highest BCUT2D eigenvalue weighted by Gasteiger charge is 2.24. The van der Waals surface area contributed by atoms with Crippen molar-refractivity contribution in [1.82, 2.24) is 10.7 Å². The first-order valence-electron chi connectivity index (χ1n) is 9.18. The maximum absolute atomic E-state index is 12.6. The van der Waals surface area contributed by atoms with Crippen LogP contribution < -0.4 is 16.1 Å². The van der Waals surface area contributed by atoms with Crippen LogP contribution in [0.15, 0.2) is 53.6 Å². The Bertz CT molecular complexity index is 905. The van der Waals surface area contributed by atoms with Gasteiger partial charge in [-0.25, -0.2) is 5.43 Å². The van der Waals surface area contributed by atoms with Gasteiger partial charge in [0.1, 0.15) is 0 Å². The summed E-state index contributed by atoms with van der Waals surface area (Å²) in [7, 11) is 0. The Kier molecular flexibility index (Phi) is 4.73. The predicted octanol–water partition coefficient (Wildman–Crippen LogP) is 2.20. The Hall–Kier alpha value is -2.99. The van der Waals surface area contributed by atoms with E-state index in [4.69, 9.17) is 0 Å². The first kappa shape index (κ1) is 17.4. The summed E-state index contributed by atoms with van der Waals surface area (Å²) in [4.78, 5) is 24.0. The molecule has 0 spiro atoms. The summed E-state index contributed by atoms with van der Waals surface area (Å²) in [5.74, 6) is -0.0183. The van der Waals surface area contributed by atoms with Gasteiger partial charge in [0.2, 0.25) is 11.8 Å². The largest absolute Gasteiger partial charge is 0.325 e. The van der Waals surface area contributed by atoms with Gasteiger partial charge in [0, 0.05) is 24.6 Å². The van der Waals surface area contributed by atoms with E-state index in [1.54, 1.807) is 0 Å². The first-order valence-corrected chi connectivity index (χ1v) is 9.18. The van der Waals surface area contributed by atoms with Crippen LogP contribution in [0.3, 0.4) is 0 Å². The van der Waals surface area contributed by atoms with Gasteiger partial charge >= 0.3 is 0 Å². The van der Waals surface area contributed by atoms with E-state index in [0.29, 0.717) is 19.4 Å². The maximum Gasteiger partial charge on any atom is 0.241 e. The molecule has 2 amide bonds. The third-order valence-corrected chi connectivity index (χ3v) is 5.11. The molecular weight excluding hydrogens is 340 g/mol. The molecular formula is C21H22N4O2. The lowest BCUT2D eigenvalue weighted by Crippen LogP contribution is -2.44. The Morgan fingerprint density at radius 2 is 1.81 bits per heavy atom. The molecule has 0 saturated heterocycles. The highest BCUT2D eigenvalue weighted by Crippen LogP contribution is 2.20. The fraction of sp³-hybridized carbons (Fsp3) is 0.286. The van der Waals surface area contributed by atoms with E-state index >= 15 is 0 Å². The summed E-state index contributed by atoms with van der Waals surface area (Å²) in [5.41, 5.74) is 7.56. The summed E-state index contributed by atoms with van der Waals surface area (Å²) < 4.78 is 0. The third-order valence-electron chi connectivity index (χ3n) is 5.11. The predicted molar refractivity (Wildman–Crippen MR) is 104 cm³/mol. The monoisotopic (exact) mass is 362 g/mol. The van der Waals surface area contributed by atoms with Crippen molar-refractivity contribution in [3.05, 3.63) is 65.2 Å². The standard InChI is InChI=1S/C21H22N4O2/c1-13-10-19(26)24-25-20(13)14-6-8-17(9-7-14)23-21(27)18-11-15-4-2-3-5-16(15)12-22-18/h2-9,13,18,22H,10-12H2,1H3,(H,23,27)(H,24,26). The Labute approximate surface area is 158 Å². The SMILES string of the molecule is CC1CC(=O)NN=C1c1ccc(NC(=O)C2Cc3ccccc3CN2)cc1. The fourth-order valence-electron chi connectivity index (χ4n) is 3.60. The van der Waals surface area contributed by atoms with Gasteiger partial charge in [-0.05, 0) is 35.2 Å².